The highest BCUT2D eigenvalue weighted by Crippen LogP contribution is 2.20. The van der Waals surface area contributed by atoms with Gasteiger partial charge in [0.2, 0.25) is 5.88 Å². The third-order valence-corrected chi connectivity index (χ3v) is 5.50. The number of carbonyl (C=O) groups is 1. The topological polar surface area (TPSA) is 119 Å². The lowest BCUT2D eigenvalue weighted by atomic mass is 10.1. The normalized spacial score (nSPS) is 11.0. The van der Waals surface area contributed by atoms with Crippen LogP contribution in [0.25, 0.3) is 5.65 Å². The second-order valence-electron chi connectivity index (χ2n) is 8.29. The second kappa shape index (κ2) is 10.8. The summed E-state index contributed by atoms with van der Waals surface area (Å²) in [6.07, 6.45) is 2.42. The van der Waals surface area contributed by atoms with Crippen LogP contribution in [0.3, 0.4) is 0 Å². The van der Waals surface area contributed by atoms with Gasteiger partial charge in [-0.2, -0.15) is 4.52 Å². The standard InChI is InChI=1S/C26H25N7O3/c1-18-12-23(32-36-18)29-25(34)22-14-24-30-28-17-33(24)31-26(22)35-16-21-9-5-8-20(13-21)15-27-11-10-19-6-3-2-4-7-19/h2-9,12-14,17,27H,10-11,15-16H2,1H3,(H,29,32,34). The Bertz CT molecular complexity index is 1460. The maximum atomic E-state index is 12.9. The molecule has 5 aromatic rings. The highest BCUT2D eigenvalue weighted by atomic mass is 16.5. The van der Waals surface area contributed by atoms with Gasteiger partial charge in [-0.25, -0.2) is 0 Å². The van der Waals surface area contributed by atoms with Crippen LogP contribution in [0.4, 0.5) is 5.82 Å². The third kappa shape index (κ3) is 5.73. The van der Waals surface area contributed by atoms with Gasteiger partial charge in [-0.15, -0.1) is 15.3 Å². The zero-order valence-electron chi connectivity index (χ0n) is 19.7. The fourth-order valence-corrected chi connectivity index (χ4v) is 3.72. The average molecular weight is 484 g/mol. The van der Waals surface area contributed by atoms with Crippen LogP contribution < -0.4 is 15.4 Å². The van der Waals surface area contributed by atoms with Crippen LogP contribution in [-0.4, -0.2) is 37.4 Å². The minimum Gasteiger partial charge on any atom is -0.471 e. The van der Waals surface area contributed by atoms with Crippen molar-refractivity contribution in [2.24, 2.45) is 0 Å². The fourth-order valence-electron chi connectivity index (χ4n) is 3.72. The first-order valence-electron chi connectivity index (χ1n) is 11.5. The summed E-state index contributed by atoms with van der Waals surface area (Å²) in [7, 11) is 0. The van der Waals surface area contributed by atoms with E-state index in [1.54, 1.807) is 19.1 Å². The second-order valence-corrected chi connectivity index (χ2v) is 8.29. The number of rotatable bonds is 10. The first kappa shape index (κ1) is 23.2. The van der Waals surface area contributed by atoms with Gasteiger partial charge in [0.1, 0.15) is 24.3 Å². The summed E-state index contributed by atoms with van der Waals surface area (Å²) in [6.45, 7) is 3.61. The van der Waals surface area contributed by atoms with Crippen molar-refractivity contribution >= 4 is 17.4 Å². The van der Waals surface area contributed by atoms with Crippen molar-refractivity contribution in [2.45, 2.75) is 26.5 Å². The van der Waals surface area contributed by atoms with E-state index in [4.69, 9.17) is 9.26 Å². The van der Waals surface area contributed by atoms with Crippen LogP contribution >= 0.6 is 0 Å². The number of fused-ring (bicyclic) bond motifs is 1. The van der Waals surface area contributed by atoms with Crippen molar-refractivity contribution in [1.29, 1.82) is 0 Å². The Labute approximate surface area is 207 Å². The number of aryl methyl sites for hydroxylation is 1. The number of aromatic nitrogens is 5. The molecule has 10 nitrogen and oxygen atoms in total. The molecule has 0 atom stereocenters. The van der Waals surface area contributed by atoms with Crippen molar-refractivity contribution in [3.63, 3.8) is 0 Å². The van der Waals surface area contributed by atoms with Gasteiger partial charge in [-0.1, -0.05) is 59.8 Å². The number of anilines is 1. The lowest BCUT2D eigenvalue weighted by molar-refractivity contribution is 0.102. The van der Waals surface area contributed by atoms with Gasteiger partial charge < -0.3 is 19.9 Å². The molecule has 2 aromatic carbocycles. The molecule has 0 saturated heterocycles. The minimum absolute atomic E-state index is 0.159. The number of benzene rings is 2. The molecule has 0 fully saturated rings. The predicted octanol–water partition coefficient (Wildman–Crippen LogP) is 3.58. The Hall–Kier alpha value is -4.57. The van der Waals surface area contributed by atoms with Gasteiger partial charge in [0.25, 0.3) is 5.91 Å². The van der Waals surface area contributed by atoms with E-state index in [0.29, 0.717) is 17.2 Å². The van der Waals surface area contributed by atoms with E-state index in [1.807, 2.05) is 18.2 Å². The van der Waals surface area contributed by atoms with Crippen LogP contribution in [0.2, 0.25) is 0 Å². The number of hydrogen-bond donors (Lipinski definition) is 2. The smallest absolute Gasteiger partial charge is 0.262 e. The Balaban J connectivity index is 1.24. The van der Waals surface area contributed by atoms with Crippen LogP contribution in [0.15, 0.2) is 77.6 Å². The predicted molar refractivity (Wildman–Crippen MR) is 133 cm³/mol. The van der Waals surface area contributed by atoms with E-state index in [1.165, 1.54) is 16.4 Å². The summed E-state index contributed by atoms with van der Waals surface area (Å²) in [5.41, 5.74) is 4.05. The molecule has 0 spiro atoms. The van der Waals surface area contributed by atoms with E-state index in [-0.39, 0.29) is 18.1 Å². The number of hydrogen-bond acceptors (Lipinski definition) is 8. The maximum Gasteiger partial charge on any atom is 0.262 e. The van der Waals surface area contributed by atoms with Crippen LogP contribution in [-0.2, 0) is 19.6 Å². The van der Waals surface area contributed by atoms with E-state index >= 15 is 0 Å². The third-order valence-electron chi connectivity index (χ3n) is 5.50. The zero-order valence-corrected chi connectivity index (χ0v) is 19.7. The average Bonchev–Trinajstić information content (AvgIpc) is 3.53. The van der Waals surface area contributed by atoms with Gasteiger partial charge >= 0.3 is 0 Å². The molecule has 3 heterocycles. The Morgan fingerprint density at radius 3 is 2.69 bits per heavy atom. The van der Waals surface area contributed by atoms with E-state index < -0.39 is 5.91 Å². The van der Waals surface area contributed by atoms with E-state index in [9.17, 15) is 4.79 Å². The maximum absolute atomic E-state index is 12.9. The van der Waals surface area contributed by atoms with Gasteiger partial charge in [0.15, 0.2) is 11.5 Å². The van der Waals surface area contributed by atoms with Gasteiger partial charge in [0.05, 0.1) is 0 Å². The molecule has 0 aliphatic heterocycles. The Morgan fingerprint density at radius 1 is 1.03 bits per heavy atom. The van der Waals surface area contributed by atoms with Crippen molar-refractivity contribution in [3.05, 3.63) is 101 Å². The molecule has 2 N–H and O–H groups in total. The molecular formula is C26H25N7O3. The van der Waals surface area contributed by atoms with Gasteiger partial charge in [-0.3, -0.25) is 4.79 Å². The molecular weight excluding hydrogens is 458 g/mol. The Kier molecular flexibility index (Phi) is 6.95. The van der Waals surface area contributed by atoms with Gasteiger partial charge in [0, 0.05) is 18.7 Å². The molecule has 0 radical (unpaired) electrons. The highest BCUT2D eigenvalue weighted by Gasteiger charge is 2.19. The number of carbonyl (C=O) groups excluding carboxylic acids is 1. The zero-order chi connectivity index (χ0) is 24.7. The lowest BCUT2D eigenvalue weighted by Crippen LogP contribution is -2.17. The molecule has 0 unspecified atom stereocenters. The van der Waals surface area contributed by atoms with Crippen molar-refractivity contribution in [3.8, 4) is 5.88 Å². The quantitative estimate of drug-likeness (QED) is 0.289. The van der Waals surface area contributed by atoms with E-state index in [0.717, 1.165) is 30.6 Å². The van der Waals surface area contributed by atoms with Crippen molar-refractivity contribution in [2.75, 3.05) is 11.9 Å². The summed E-state index contributed by atoms with van der Waals surface area (Å²) in [6, 6.07) is 21.7. The van der Waals surface area contributed by atoms with Crippen molar-refractivity contribution in [1.82, 2.24) is 30.3 Å². The minimum atomic E-state index is -0.437. The first-order chi connectivity index (χ1) is 17.6. The molecule has 0 aliphatic rings. The molecule has 5 rings (SSSR count). The summed E-state index contributed by atoms with van der Waals surface area (Å²) in [5.74, 6) is 0.610. The number of amides is 1. The molecule has 0 saturated carbocycles. The monoisotopic (exact) mass is 483 g/mol. The molecule has 10 heteroatoms. The number of ether oxygens (including phenoxy) is 1. The molecule has 36 heavy (non-hydrogen) atoms. The Morgan fingerprint density at radius 2 is 1.86 bits per heavy atom. The largest absolute Gasteiger partial charge is 0.471 e. The van der Waals surface area contributed by atoms with Crippen LogP contribution in [0, 0.1) is 6.92 Å². The summed E-state index contributed by atoms with van der Waals surface area (Å²) >= 11 is 0. The van der Waals surface area contributed by atoms with Crippen LogP contribution in [0.5, 0.6) is 5.88 Å². The molecule has 0 aliphatic carbocycles. The van der Waals surface area contributed by atoms with Gasteiger partial charge in [-0.05, 0) is 36.6 Å². The number of nitrogens with zero attached hydrogens (tertiary/aromatic N) is 5. The SMILES string of the molecule is Cc1cc(NC(=O)c2cc3nncn3nc2OCc2cccc(CNCCc3ccccc3)c2)no1. The number of nitrogens with one attached hydrogen (secondary N) is 2. The van der Waals surface area contributed by atoms with E-state index in [2.05, 4.69) is 67.5 Å². The highest BCUT2D eigenvalue weighted by molar-refractivity contribution is 6.05. The molecule has 3 aromatic heterocycles. The molecule has 0 bridgehead atoms. The first-order valence-corrected chi connectivity index (χ1v) is 11.5. The van der Waals surface area contributed by atoms with Crippen LogP contribution in [0.1, 0.15) is 32.8 Å². The van der Waals surface area contributed by atoms with Crippen molar-refractivity contribution < 1.29 is 14.1 Å². The summed E-state index contributed by atoms with van der Waals surface area (Å²) < 4.78 is 12.5. The summed E-state index contributed by atoms with van der Waals surface area (Å²) in [5, 5.41) is 22.2. The summed E-state index contributed by atoms with van der Waals surface area (Å²) in [4.78, 5) is 12.9. The molecule has 182 valence electrons. The fraction of sp³-hybridized carbons (Fsp3) is 0.192. The lowest BCUT2D eigenvalue weighted by Gasteiger charge is -2.11. The molecule has 1 amide bonds.